The second kappa shape index (κ2) is 5.08. The van der Waals surface area contributed by atoms with Crippen molar-refractivity contribution in [3.05, 3.63) is 35.8 Å². The molecule has 0 aromatic carbocycles. The van der Waals surface area contributed by atoms with Gasteiger partial charge in [0.15, 0.2) is 0 Å². The molecule has 96 valence electrons. The zero-order valence-corrected chi connectivity index (χ0v) is 10.6. The molecule has 3 heterocycles. The van der Waals surface area contributed by atoms with Gasteiger partial charge < -0.3 is 15.5 Å². The molecule has 1 fully saturated rings. The van der Waals surface area contributed by atoms with Crippen molar-refractivity contribution in [2.45, 2.75) is 25.8 Å². The highest BCUT2D eigenvalue weighted by Gasteiger charge is 2.15. The molecule has 1 saturated heterocycles. The van der Waals surface area contributed by atoms with Crippen LogP contribution in [0.3, 0.4) is 0 Å². The van der Waals surface area contributed by atoms with E-state index >= 15 is 0 Å². The highest BCUT2D eigenvalue weighted by Crippen LogP contribution is 2.19. The van der Waals surface area contributed by atoms with Crippen LogP contribution in [0.4, 0.5) is 0 Å². The smallest absolute Gasteiger partial charge is 0.141 e. The minimum atomic E-state index is 0.550. The maximum absolute atomic E-state index is 5.75. The molecule has 0 saturated carbocycles. The quantitative estimate of drug-likeness (QED) is 0.856. The van der Waals surface area contributed by atoms with Crippen LogP contribution in [-0.2, 0) is 13.0 Å². The molecule has 4 nitrogen and oxygen atoms in total. The lowest BCUT2D eigenvalue weighted by Crippen LogP contribution is -2.28. The summed E-state index contributed by atoms with van der Waals surface area (Å²) in [6.45, 7) is 2.84. The average Bonchev–Trinajstić information content (AvgIpc) is 2.82. The molecule has 2 aromatic rings. The molecule has 0 aliphatic carbocycles. The first-order valence-electron chi connectivity index (χ1n) is 6.73. The van der Waals surface area contributed by atoms with Gasteiger partial charge in [0.25, 0.3) is 0 Å². The number of piperidine rings is 1. The molecule has 0 amide bonds. The Balaban J connectivity index is 1.84. The van der Waals surface area contributed by atoms with E-state index in [4.69, 9.17) is 10.7 Å². The van der Waals surface area contributed by atoms with Gasteiger partial charge in [-0.25, -0.2) is 4.98 Å². The molecule has 3 N–H and O–H groups in total. The number of nitrogens with zero attached hydrogens (tertiary/aromatic N) is 2. The van der Waals surface area contributed by atoms with E-state index in [1.165, 1.54) is 18.5 Å². The van der Waals surface area contributed by atoms with E-state index in [9.17, 15) is 0 Å². The third-order valence-corrected chi connectivity index (χ3v) is 3.79. The Kier molecular flexibility index (Phi) is 3.30. The maximum Gasteiger partial charge on any atom is 0.141 e. The van der Waals surface area contributed by atoms with Gasteiger partial charge in [0, 0.05) is 24.5 Å². The fourth-order valence-electron chi connectivity index (χ4n) is 2.76. The Morgan fingerprint density at radius 2 is 2.22 bits per heavy atom. The summed E-state index contributed by atoms with van der Waals surface area (Å²) in [5.41, 5.74) is 9.08. The fourth-order valence-corrected chi connectivity index (χ4v) is 2.76. The molecular weight excluding hydrogens is 224 g/mol. The molecule has 4 heteroatoms. The topological polar surface area (TPSA) is 55.4 Å². The van der Waals surface area contributed by atoms with Crippen LogP contribution in [0.15, 0.2) is 24.5 Å². The summed E-state index contributed by atoms with van der Waals surface area (Å²) in [4.78, 5) is 4.74. The van der Waals surface area contributed by atoms with Gasteiger partial charge in [0.1, 0.15) is 5.65 Å². The second-order valence-electron chi connectivity index (χ2n) is 5.10. The standard InChI is InChI=1S/C14H20N4/c15-9-12-2-1-7-18-10-13(17-14(12)18)8-11-3-5-16-6-4-11/h1-2,7,10-11,16H,3-6,8-9,15H2. The third-order valence-electron chi connectivity index (χ3n) is 3.79. The molecule has 0 bridgehead atoms. The highest BCUT2D eigenvalue weighted by atomic mass is 15.0. The summed E-state index contributed by atoms with van der Waals surface area (Å²) in [5.74, 6) is 0.775. The van der Waals surface area contributed by atoms with Gasteiger partial charge in [0.05, 0.1) is 5.69 Å². The lowest BCUT2D eigenvalue weighted by molar-refractivity contribution is 0.370. The Morgan fingerprint density at radius 1 is 1.39 bits per heavy atom. The van der Waals surface area contributed by atoms with Crippen LogP contribution in [-0.4, -0.2) is 22.5 Å². The van der Waals surface area contributed by atoms with Crippen LogP contribution in [0.25, 0.3) is 5.65 Å². The van der Waals surface area contributed by atoms with Gasteiger partial charge in [-0.2, -0.15) is 0 Å². The lowest BCUT2D eigenvalue weighted by atomic mass is 9.93. The molecule has 1 aliphatic rings. The van der Waals surface area contributed by atoms with Crippen molar-refractivity contribution in [2.75, 3.05) is 13.1 Å². The first-order chi connectivity index (χ1) is 8.86. The molecule has 18 heavy (non-hydrogen) atoms. The summed E-state index contributed by atoms with van der Waals surface area (Å²) in [5, 5.41) is 3.40. The normalized spacial score (nSPS) is 17.4. The summed E-state index contributed by atoms with van der Waals surface area (Å²) in [7, 11) is 0. The van der Waals surface area contributed by atoms with Crippen LogP contribution in [0.1, 0.15) is 24.1 Å². The lowest BCUT2D eigenvalue weighted by Gasteiger charge is -2.21. The predicted molar refractivity (Wildman–Crippen MR) is 72.4 cm³/mol. The number of hydrogen-bond acceptors (Lipinski definition) is 3. The van der Waals surface area contributed by atoms with Crippen LogP contribution < -0.4 is 11.1 Å². The summed E-state index contributed by atoms with van der Waals surface area (Å²) in [6.07, 6.45) is 7.81. The third kappa shape index (κ3) is 2.26. The van der Waals surface area contributed by atoms with Crippen LogP contribution in [0.5, 0.6) is 0 Å². The van der Waals surface area contributed by atoms with Crippen molar-refractivity contribution in [3.8, 4) is 0 Å². The first-order valence-corrected chi connectivity index (χ1v) is 6.73. The van der Waals surface area contributed by atoms with Gasteiger partial charge in [-0.05, 0) is 44.3 Å². The number of nitrogens with two attached hydrogens (primary N) is 1. The number of pyridine rings is 1. The van der Waals surface area contributed by atoms with E-state index in [0.29, 0.717) is 6.54 Å². The average molecular weight is 244 g/mol. The number of hydrogen-bond donors (Lipinski definition) is 2. The van der Waals surface area contributed by atoms with Crippen LogP contribution in [0, 0.1) is 5.92 Å². The van der Waals surface area contributed by atoms with Crippen molar-refractivity contribution in [2.24, 2.45) is 11.7 Å². The number of rotatable bonds is 3. The van der Waals surface area contributed by atoms with Crippen molar-refractivity contribution >= 4 is 5.65 Å². The van der Waals surface area contributed by atoms with E-state index in [0.717, 1.165) is 36.6 Å². The molecule has 0 unspecified atom stereocenters. The fraction of sp³-hybridized carbons (Fsp3) is 0.500. The van der Waals surface area contributed by atoms with Gasteiger partial charge in [0.2, 0.25) is 0 Å². The van der Waals surface area contributed by atoms with E-state index in [-0.39, 0.29) is 0 Å². The van der Waals surface area contributed by atoms with Gasteiger partial charge in [-0.1, -0.05) is 6.07 Å². The number of fused-ring (bicyclic) bond motifs is 1. The largest absolute Gasteiger partial charge is 0.326 e. The minimum absolute atomic E-state index is 0.550. The predicted octanol–water partition coefficient (Wildman–Crippen LogP) is 1.34. The number of aromatic nitrogens is 2. The molecule has 0 radical (unpaired) electrons. The zero-order chi connectivity index (χ0) is 12.4. The Labute approximate surface area is 107 Å². The van der Waals surface area contributed by atoms with E-state index < -0.39 is 0 Å². The molecule has 2 aromatic heterocycles. The van der Waals surface area contributed by atoms with Gasteiger partial charge >= 0.3 is 0 Å². The molecule has 3 rings (SSSR count). The molecule has 0 spiro atoms. The zero-order valence-electron chi connectivity index (χ0n) is 10.6. The van der Waals surface area contributed by atoms with E-state index in [1.807, 2.05) is 12.3 Å². The van der Waals surface area contributed by atoms with Crippen LogP contribution >= 0.6 is 0 Å². The minimum Gasteiger partial charge on any atom is -0.326 e. The van der Waals surface area contributed by atoms with Crippen molar-refractivity contribution in [1.82, 2.24) is 14.7 Å². The summed E-state index contributed by atoms with van der Waals surface area (Å²) >= 11 is 0. The molecule has 0 atom stereocenters. The van der Waals surface area contributed by atoms with E-state index in [2.05, 4.69) is 22.0 Å². The van der Waals surface area contributed by atoms with Gasteiger partial charge in [-0.15, -0.1) is 0 Å². The van der Waals surface area contributed by atoms with E-state index in [1.54, 1.807) is 0 Å². The van der Waals surface area contributed by atoms with Crippen molar-refractivity contribution < 1.29 is 0 Å². The highest BCUT2D eigenvalue weighted by molar-refractivity contribution is 5.48. The summed E-state index contributed by atoms with van der Waals surface area (Å²) in [6, 6.07) is 4.09. The Morgan fingerprint density at radius 3 is 3.00 bits per heavy atom. The van der Waals surface area contributed by atoms with Crippen LogP contribution in [0.2, 0.25) is 0 Å². The van der Waals surface area contributed by atoms with Crippen molar-refractivity contribution in [1.29, 1.82) is 0 Å². The second-order valence-corrected chi connectivity index (χ2v) is 5.10. The SMILES string of the molecule is NCc1cccn2cc(CC3CCNCC3)nc12. The Bertz CT molecular complexity index is 526. The molecule has 1 aliphatic heterocycles. The molecular formula is C14H20N4. The number of imidazole rings is 1. The number of nitrogens with one attached hydrogen (secondary N) is 1. The maximum atomic E-state index is 5.75. The monoisotopic (exact) mass is 244 g/mol. The van der Waals surface area contributed by atoms with Crippen molar-refractivity contribution in [3.63, 3.8) is 0 Å². The summed E-state index contributed by atoms with van der Waals surface area (Å²) < 4.78 is 2.10. The first kappa shape index (κ1) is 11.7. The Hall–Kier alpha value is -1.39. The van der Waals surface area contributed by atoms with Gasteiger partial charge in [-0.3, -0.25) is 0 Å².